The molecule has 2 heterocycles. The number of carbonyl (C=O) groups excluding carboxylic acids is 1. The van der Waals surface area contributed by atoms with Gasteiger partial charge in [0.15, 0.2) is 0 Å². The van der Waals surface area contributed by atoms with Crippen LogP contribution in [0.3, 0.4) is 0 Å². The van der Waals surface area contributed by atoms with Gasteiger partial charge in [-0.2, -0.15) is 0 Å². The van der Waals surface area contributed by atoms with Crippen molar-refractivity contribution in [2.45, 2.75) is 51.2 Å². The molecule has 1 saturated heterocycles. The molecule has 0 aromatic heterocycles. The van der Waals surface area contributed by atoms with E-state index in [4.69, 9.17) is 0 Å². The third-order valence-corrected chi connectivity index (χ3v) is 8.21. The molecule has 1 amide bonds. The SMILES string of the molecule is CCN(Cc1ccccc1)c1ccc(C2NC(=O)C3C4=C(CC(C)CC4)SC3N2)cc1. The zero-order valence-corrected chi connectivity index (χ0v) is 19.1. The van der Waals surface area contributed by atoms with Crippen LogP contribution in [0.4, 0.5) is 5.69 Å². The third kappa shape index (κ3) is 4.13. The first kappa shape index (κ1) is 20.7. The van der Waals surface area contributed by atoms with Crippen LogP contribution >= 0.6 is 11.8 Å². The van der Waals surface area contributed by atoms with Gasteiger partial charge < -0.3 is 10.2 Å². The summed E-state index contributed by atoms with van der Waals surface area (Å²) in [4.78, 5) is 16.8. The largest absolute Gasteiger partial charge is 0.367 e. The maximum atomic E-state index is 13.0. The molecule has 2 N–H and O–H groups in total. The standard InChI is InChI=1S/C26H31N3OS/c1-3-29(16-18-7-5-4-6-8-18)20-12-10-19(11-13-20)24-27-25(30)23-21-14-9-17(2)15-22(21)31-26(23)28-24/h4-8,10-13,17,23-24,26,28H,3,9,14-16H2,1-2H3,(H,27,30). The Kier molecular flexibility index (Phi) is 5.81. The fourth-order valence-electron chi connectivity index (χ4n) is 5.06. The Labute approximate surface area is 189 Å². The van der Waals surface area contributed by atoms with E-state index in [1.807, 2.05) is 11.8 Å². The zero-order chi connectivity index (χ0) is 21.4. The number of nitrogens with one attached hydrogen (secondary N) is 2. The molecule has 2 aromatic rings. The molecule has 2 aliphatic heterocycles. The molecule has 1 fully saturated rings. The van der Waals surface area contributed by atoms with Gasteiger partial charge in [0.2, 0.25) is 5.91 Å². The van der Waals surface area contributed by atoms with Gasteiger partial charge in [-0.25, -0.2) is 0 Å². The Balaban J connectivity index is 1.28. The lowest BCUT2D eigenvalue weighted by atomic mass is 9.83. The van der Waals surface area contributed by atoms with Crippen LogP contribution in [0.5, 0.6) is 0 Å². The zero-order valence-electron chi connectivity index (χ0n) is 18.3. The van der Waals surface area contributed by atoms with Gasteiger partial charge in [-0.3, -0.25) is 10.1 Å². The Hall–Kier alpha value is -2.24. The van der Waals surface area contributed by atoms with Gasteiger partial charge in [0, 0.05) is 18.8 Å². The number of fused-ring (bicyclic) bond motifs is 2. The summed E-state index contributed by atoms with van der Waals surface area (Å²) in [6.45, 7) is 6.35. The molecule has 5 rings (SSSR count). The minimum Gasteiger partial charge on any atom is -0.367 e. The molecule has 1 aliphatic carbocycles. The van der Waals surface area contributed by atoms with Gasteiger partial charge >= 0.3 is 0 Å². The molecular formula is C26H31N3OS. The second-order valence-corrected chi connectivity index (χ2v) is 10.2. The average Bonchev–Trinajstić information content (AvgIpc) is 3.16. The molecular weight excluding hydrogens is 402 g/mol. The van der Waals surface area contributed by atoms with Gasteiger partial charge in [-0.05, 0) is 65.8 Å². The van der Waals surface area contributed by atoms with E-state index in [0.717, 1.165) is 37.4 Å². The summed E-state index contributed by atoms with van der Waals surface area (Å²) in [6.07, 6.45) is 3.29. The Morgan fingerprint density at radius 2 is 1.87 bits per heavy atom. The van der Waals surface area contributed by atoms with Crippen molar-refractivity contribution in [1.82, 2.24) is 10.6 Å². The molecule has 3 aliphatic rings. The quantitative estimate of drug-likeness (QED) is 0.681. The Morgan fingerprint density at radius 1 is 1.10 bits per heavy atom. The molecule has 0 bridgehead atoms. The van der Waals surface area contributed by atoms with Crippen molar-refractivity contribution in [3.63, 3.8) is 0 Å². The number of amides is 1. The van der Waals surface area contributed by atoms with Crippen molar-refractivity contribution in [2.24, 2.45) is 11.8 Å². The van der Waals surface area contributed by atoms with E-state index in [9.17, 15) is 4.79 Å². The first-order chi connectivity index (χ1) is 15.1. The van der Waals surface area contributed by atoms with Crippen LogP contribution in [0.15, 0.2) is 65.1 Å². The van der Waals surface area contributed by atoms with Crippen molar-refractivity contribution in [1.29, 1.82) is 0 Å². The van der Waals surface area contributed by atoms with Gasteiger partial charge in [0.05, 0.1) is 11.3 Å². The molecule has 4 nitrogen and oxygen atoms in total. The van der Waals surface area contributed by atoms with E-state index in [-0.39, 0.29) is 23.4 Å². The summed E-state index contributed by atoms with van der Waals surface area (Å²) in [5.41, 5.74) is 5.03. The lowest BCUT2D eigenvalue weighted by molar-refractivity contribution is -0.127. The minimum absolute atomic E-state index is 0.00415. The molecule has 5 heteroatoms. The summed E-state index contributed by atoms with van der Waals surface area (Å²) in [7, 11) is 0. The van der Waals surface area contributed by atoms with E-state index in [1.165, 1.54) is 28.1 Å². The number of benzene rings is 2. The van der Waals surface area contributed by atoms with E-state index >= 15 is 0 Å². The smallest absolute Gasteiger partial charge is 0.231 e. The molecule has 162 valence electrons. The number of hydrogen-bond acceptors (Lipinski definition) is 4. The topological polar surface area (TPSA) is 44.4 Å². The summed E-state index contributed by atoms with van der Waals surface area (Å²) >= 11 is 1.90. The maximum absolute atomic E-state index is 13.0. The number of anilines is 1. The second kappa shape index (κ2) is 8.71. The van der Waals surface area contributed by atoms with Crippen molar-refractivity contribution in [3.05, 3.63) is 76.2 Å². The highest BCUT2D eigenvalue weighted by atomic mass is 32.2. The van der Waals surface area contributed by atoms with Crippen molar-refractivity contribution >= 4 is 23.4 Å². The monoisotopic (exact) mass is 433 g/mol. The van der Waals surface area contributed by atoms with Crippen LogP contribution in [0, 0.1) is 11.8 Å². The Bertz CT molecular complexity index is 972. The number of hydrogen-bond donors (Lipinski definition) is 2. The highest BCUT2D eigenvalue weighted by molar-refractivity contribution is 8.04. The number of rotatable bonds is 5. The highest BCUT2D eigenvalue weighted by Gasteiger charge is 2.45. The molecule has 2 aromatic carbocycles. The normalized spacial score (nSPS) is 27.5. The lowest BCUT2D eigenvalue weighted by Gasteiger charge is -2.35. The number of carbonyl (C=O) groups is 1. The summed E-state index contributed by atoms with van der Waals surface area (Å²) in [5, 5.41) is 7.12. The fraction of sp³-hybridized carbons (Fsp3) is 0.423. The first-order valence-electron chi connectivity index (χ1n) is 11.5. The lowest BCUT2D eigenvalue weighted by Crippen LogP contribution is -2.54. The van der Waals surface area contributed by atoms with Crippen LogP contribution in [0.2, 0.25) is 0 Å². The number of allylic oxidation sites excluding steroid dienone is 1. The fourth-order valence-corrected chi connectivity index (χ4v) is 6.75. The number of nitrogens with zero attached hydrogens (tertiary/aromatic N) is 1. The average molecular weight is 434 g/mol. The van der Waals surface area contributed by atoms with Crippen LogP contribution in [-0.4, -0.2) is 17.8 Å². The molecule has 4 unspecified atom stereocenters. The van der Waals surface area contributed by atoms with Crippen LogP contribution < -0.4 is 15.5 Å². The van der Waals surface area contributed by atoms with E-state index in [0.29, 0.717) is 0 Å². The molecule has 0 saturated carbocycles. The van der Waals surface area contributed by atoms with E-state index in [1.54, 1.807) is 0 Å². The van der Waals surface area contributed by atoms with Crippen molar-refractivity contribution in [2.75, 3.05) is 11.4 Å². The summed E-state index contributed by atoms with van der Waals surface area (Å²) in [6, 6.07) is 19.2. The van der Waals surface area contributed by atoms with Crippen molar-refractivity contribution in [3.8, 4) is 0 Å². The second-order valence-electron chi connectivity index (χ2n) is 9.01. The predicted octanol–water partition coefficient (Wildman–Crippen LogP) is 5.19. The summed E-state index contributed by atoms with van der Waals surface area (Å²) < 4.78 is 0. The van der Waals surface area contributed by atoms with Gasteiger partial charge in [0.25, 0.3) is 0 Å². The van der Waals surface area contributed by atoms with Crippen LogP contribution in [-0.2, 0) is 11.3 Å². The minimum atomic E-state index is -0.127. The summed E-state index contributed by atoms with van der Waals surface area (Å²) in [5.74, 6) is 0.920. The molecule has 31 heavy (non-hydrogen) atoms. The van der Waals surface area contributed by atoms with Crippen molar-refractivity contribution < 1.29 is 4.79 Å². The van der Waals surface area contributed by atoms with Gasteiger partial charge in [0.1, 0.15) is 6.17 Å². The highest BCUT2D eigenvalue weighted by Crippen LogP contribution is 2.50. The first-order valence-corrected chi connectivity index (χ1v) is 12.3. The van der Waals surface area contributed by atoms with Crippen LogP contribution in [0.1, 0.15) is 50.4 Å². The number of thioether (sulfide) groups is 1. The molecule has 0 spiro atoms. The van der Waals surface area contributed by atoms with E-state index < -0.39 is 0 Å². The molecule has 4 atom stereocenters. The third-order valence-electron chi connectivity index (χ3n) is 6.84. The van der Waals surface area contributed by atoms with Gasteiger partial charge in [-0.1, -0.05) is 49.4 Å². The Morgan fingerprint density at radius 3 is 2.61 bits per heavy atom. The van der Waals surface area contributed by atoms with E-state index in [2.05, 4.69) is 84.0 Å². The predicted molar refractivity (Wildman–Crippen MR) is 129 cm³/mol. The maximum Gasteiger partial charge on any atom is 0.231 e. The van der Waals surface area contributed by atoms with Gasteiger partial charge in [-0.15, -0.1) is 11.8 Å². The molecule has 0 radical (unpaired) electrons. The van der Waals surface area contributed by atoms with Crippen LogP contribution in [0.25, 0.3) is 0 Å².